The molecular formula is C21H24Cl2N4O3. The number of amides is 1. The predicted molar refractivity (Wildman–Crippen MR) is 121 cm³/mol. The molecule has 2 atom stereocenters. The van der Waals surface area contributed by atoms with Gasteiger partial charge in [0.1, 0.15) is 0 Å². The predicted octanol–water partition coefficient (Wildman–Crippen LogP) is 1.76. The SMILES string of the molecule is Cl.Cl.Cn1nc(C(=O)N[C@]2(c3ccccc3)CCNC[C@H]2O)c2ccccc2c1=O. The molecule has 1 aromatic heterocycles. The summed E-state index contributed by atoms with van der Waals surface area (Å²) in [5, 5.41) is 22.2. The van der Waals surface area contributed by atoms with Gasteiger partial charge in [-0.25, -0.2) is 4.68 Å². The van der Waals surface area contributed by atoms with Crippen molar-refractivity contribution in [2.24, 2.45) is 7.05 Å². The Bertz CT molecular complexity index is 1090. The first kappa shape index (κ1) is 23.8. The van der Waals surface area contributed by atoms with Crippen LogP contribution in [-0.4, -0.2) is 40.0 Å². The minimum atomic E-state index is -0.929. The van der Waals surface area contributed by atoms with E-state index in [9.17, 15) is 14.7 Å². The molecule has 4 rings (SSSR count). The molecule has 0 bridgehead atoms. The second kappa shape index (κ2) is 9.57. The summed E-state index contributed by atoms with van der Waals surface area (Å²) in [6, 6.07) is 16.4. The second-order valence-electron chi connectivity index (χ2n) is 7.08. The quantitative estimate of drug-likeness (QED) is 0.564. The first-order valence-electron chi connectivity index (χ1n) is 9.26. The smallest absolute Gasteiger partial charge is 0.274 e. The Morgan fingerprint density at radius 3 is 2.43 bits per heavy atom. The number of aromatic nitrogens is 2. The number of hydrogen-bond donors (Lipinski definition) is 3. The van der Waals surface area contributed by atoms with Crippen molar-refractivity contribution in [3.05, 3.63) is 76.2 Å². The van der Waals surface area contributed by atoms with Crippen LogP contribution in [0.4, 0.5) is 0 Å². The van der Waals surface area contributed by atoms with E-state index >= 15 is 0 Å². The van der Waals surface area contributed by atoms with Crippen molar-refractivity contribution in [1.82, 2.24) is 20.4 Å². The van der Waals surface area contributed by atoms with Gasteiger partial charge in [-0.3, -0.25) is 9.59 Å². The maximum atomic E-state index is 13.3. The number of piperidine rings is 1. The van der Waals surface area contributed by atoms with Crippen LogP contribution in [0, 0.1) is 0 Å². The summed E-state index contributed by atoms with van der Waals surface area (Å²) < 4.78 is 1.17. The molecule has 0 spiro atoms. The number of carbonyl (C=O) groups excluding carboxylic acids is 1. The van der Waals surface area contributed by atoms with E-state index in [1.165, 1.54) is 11.7 Å². The Morgan fingerprint density at radius 2 is 1.77 bits per heavy atom. The molecule has 0 saturated carbocycles. The molecule has 2 aromatic carbocycles. The molecule has 7 nitrogen and oxygen atoms in total. The molecule has 0 aliphatic carbocycles. The van der Waals surface area contributed by atoms with Gasteiger partial charge in [0.05, 0.1) is 17.0 Å². The van der Waals surface area contributed by atoms with Crippen molar-refractivity contribution < 1.29 is 9.90 Å². The highest BCUT2D eigenvalue weighted by molar-refractivity contribution is 6.05. The zero-order valence-corrected chi connectivity index (χ0v) is 18.0. The van der Waals surface area contributed by atoms with E-state index < -0.39 is 17.6 Å². The maximum absolute atomic E-state index is 13.3. The monoisotopic (exact) mass is 450 g/mol. The zero-order chi connectivity index (χ0) is 19.7. The van der Waals surface area contributed by atoms with Gasteiger partial charge in [-0.15, -0.1) is 24.8 Å². The third-order valence-corrected chi connectivity index (χ3v) is 5.40. The number of rotatable bonds is 3. The molecule has 30 heavy (non-hydrogen) atoms. The largest absolute Gasteiger partial charge is 0.389 e. The minimum absolute atomic E-state index is 0. The molecule has 9 heteroatoms. The fraction of sp³-hybridized carbons (Fsp3) is 0.286. The molecule has 2 heterocycles. The molecule has 1 saturated heterocycles. The molecule has 1 fully saturated rings. The first-order valence-corrected chi connectivity index (χ1v) is 9.26. The molecule has 1 aliphatic rings. The molecule has 0 unspecified atom stereocenters. The Kier molecular flexibility index (Phi) is 7.60. The standard InChI is InChI=1S/C21H22N4O3.2ClH/c1-25-20(28)16-10-6-5-9-15(16)18(24-25)19(27)23-21(11-12-22-13-17(21)26)14-7-3-2-4-8-14;;/h2-10,17,22,26H,11-13H2,1H3,(H,23,27);2*1H/t17-,21+;;/m1../s1. The lowest BCUT2D eigenvalue weighted by molar-refractivity contribution is 0.0288. The highest BCUT2D eigenvalue weighted by Gasteiger charge is 2.43. The number of hydrogen-bond acceptors (Lipinski definition) is 5. The summed E-state index contributed by atoms with van der Waals surface area (Å²) in [5.41, 5.74) is -0.182. The number of β-amino-alcohol motifs (C(OH)–C–C–N with tert-alkyl or cyclic N) is 1. The molecule has 1 amide bonds. The summed E-state index contributed by atoms with van der Waals surface area (Å²) in [7, 11) is 1.53. The van der Waals surface area contributed by atoms with E-state index in [0.717, 1.165) is 5.56 Å². The molecule has 0 radical (unpaired) electrons. The van der Waals surface area contributed by atoms with Crippen LogP contribution < -0.4 is 16.2 Å². The van der Waals surface area contributed by atoms with Gasteiger partial charge in [0.2, 0.25) is 0 Å². The third-order valence-electron chi connectivity index (χ3n) is 5.40. The topological polar surface area (TPSA) is 96.2 Å². The van der Waals surface area contributed by atoms with Crippen molar-refractivity contribution >= 4 is 41.5 Å². The fourth-order valence-corrected chi connectivity index (χ4v) is 3.88. The number of carbonyl (C=O) groups is 1. The summed E-state index contributed by atoms with van der Waals surface area (Å²) in [5.74, 6) is -0.420. The van der Waals surface area contributed by atoms with Crippen LogP contribution in [0.1, 0.15) is 22.5 Å². The van der Waals surface area contributed by atoms with Crippen LogP contribution in [0.25, 0.3) is 10.8 Å². The number of fused-ring (bicyclic) bond motifs is 1. The molecule has 3 aromatic rings. The van der Waals surface area contributed by atoms with Crippen LogP contribution in [0.3, 0.4) is 0 Å². The Balaban J connectivity index is 0.00000160. The number of nitrogens with zero attached hydrogens (tertiary/aromatic N) is 2. The van der Waals surface area contributed by atoms with Gasteiger partial charge in [-0.2, -0.15) is 5.10 Å². The Morgan fingerprint density at radius 1 is 1.13 bits per heavy atom. The summed E-state index contributed by atoms with van der Waals surface area (Å²) in [6.45, 7) is 1.03. The van der Waals surface area contributed by atoms with Gasteiger partial charge < -0.3 is 15.7 Å². The van der Waals surface area contributed by atoms with E-state index in [4.69, 9.17) is 0 Å². The van der Waals surface area contributed by atoms with Crippen molar-refractivity contribution in [3.8, 4) is 0 Å². The lowest BCUT2D eigenvalue weighted by Crippen LogP contribution is -2.61. The van der Waals surface area contributed by atoms with E-state index in [1.54, 1.807) is 24.3 Å². The van der Waals surface area contributed by atoms with E-state index in [0.29, 0.717) is 30.3 Å². The zero-order valence-electron chi connectivity index (χ0n) is 16.4. The third kappa shape index (κ3) is 4.06. The molecule has 1 aliphatic heterocycles. The maximum Gasteiger partial charge on any atom is 0.274 e. The van der Waals surface area contributed by atoms with Crippen molar-refractivity contribution in [1.29, 1.82) is 0 Å². The lowest BCUT2D eigenvalue weighted by Gasteiger charge is -2.42. The van der Waals surface area contributed by atoms with E-state index in [2.05, 4.69) is 15.7 Å². The highest BCUT2D eigenvalue weighted by atomic mass is 35.5. The Hall–Kier alpha value is -2.45. The van der Waals surface area contributed by atoms with Crippen LogP contribution in [0.5, 0.6) is 0 Å². The van der Waals surface area contributed by atoms with Gasteiger partial charge >= 0.3 is 0 Å². The van der Waals surface area contributed by atoms with Crippen molar-refractivity contribution in [2.45, 2.75) is 18.1 Å². The lowest BCUT2D eigenvalue weighted by atomic mass is 9.79. The van der Waals surface area contributed by atoms with E-state index in [1.807, 2.05) is 30.3 Å². The molecule has 3 N–H and O–H groups in total. The number of nitrogens with one attached hydrogen (secondary N) is 2. The van der Waals surface area contributed by atoms with Crippen LogP contribution in [0.15, 0.2) is 59.4 Å². The molecule has 160 valence electrons. The number of aliphatic hydroxyl groups excluding tert-OH is 1. The summed E-state index contributed by atoms with van der Waals surface area (Å²) >= 11 is 0. The van der Waals surface area contributed by atoms with Gasteiger partial charge in [0.25, 0.3) is 11.5 Å². The van der Waals surface area contributed by atoms with E-state index in [-0.39, 0.29) is 36.1 Å². The summed E-state index contributed by atoms with van der Waals surface area (Å²) in [4.78, 5) is 25.6. The van der Waals surface area contributed by atoms with Gasteiger partial charge in [-0.1, -0.05) is 48.5 Å². The number of aryl methyl sites for hydroxylation is 1. The Labute approximate surface area is 186 Å². The van der Waals surface area contributed by atoms with Crippen LogP contribution in [-0.2, 0) is 12.6 Å². The number of aliphatic hydroxyl groups is 1. The highest BCUT2D eigenvalue weighted by Crippen LogP contribution is 2.31. The van der Waals surface area contributed by atoms with Crippen molar-refractivity contribution in [2.75, 3.05) is 13.1 Å². The van der Waals surface area contributed by atoms with Gasteiger partial charge in [0, 0.05) is 19.0 Å². The average molecular weight is 451 g/mol. The first-order chi connectivity index (χ1) is 13.5. The van der Waals surface area contributed by atoms with Gasteiger partial charge in [0.15, 0.2) is 5.69 Å². The number of benzene rings is 2. The molecular weight excluding hydrogens is 427 g/mol. The fourth-order valence-electron chi connectivity index (χ4n) is 3.88. The van der Waals surface area contributed by atoms with Crippen LogP contribution >= 0.6 is 24.8 Å². The summed E-state index contributed by atoms with van der Waals surface area (Å²) in [6.07, 6.45) is -0.264. The minimum Gasteiger partial charge on any atom is -0.389 e. The average Bonchev–Trinajstić information content (AvgIpc) is 2.73. The normalized spacial score (nSPS) is 20.7. The van der Waals surface area contributed by atoms with Gasteiger partial charge in [-0.05, 0) is 24.6 Å². The number of halogens is 2. The van der Waals surface area contributed by atoms with Crippen LogP contribution in [0.2, 0.25) is 0 Å². The second-order valence-corrected chi connectivity index (χ2v) is 7.08. The van der Waals surface area contributed by atoms with Crippen molar-refractivity contribution in [3.63, 3.8) is 0 Å².